The molecule has 0 atom stereocenters. The molecule has 0 fully saturated rings. The molecule has 0 N–H and O–H groups in total. The van der Waals surface area contributed by atoms with Crippen molar-refractivity contribution < 1.29 is 4.42 Å². The second-order valence-electron chi connectivity index (χ2n) is 2.14. The topological polar surface area (TPSA) is 38.9 Å². The third-order valence-corrected chi connectivity index (χ3v) is 3.41. The molecular weight excluding hydrogens is 240 g/mol. The number of alkyl halides is 1. The van der Waals surface area contributed by atoms with Crippen LogP contribution in [-0.2, 0) is 5.33 Å². The molecule has 0 saturated heterocycles. The van der Waals surface area contributed by atoms with Crippen LogP contribution in [0.15, 0.2) is 22.9 Å². The van der Waals surface area contributed by atoms with Crippen molar-refractivity contribution in [2.75, 3.05) is 0 Å². The van der Waals surface area contributed by atoms with E-state index in [1.54, 1.807) is 11.3 Å². The Bertz CT molecular complexity index is 357. The molecule has 3 nitrogen and oxygen atoms in total. The lowest BCUT2D eigenvalue weighted by atomic mass is 10.4. The van der Waals surface area contributed by atoms with Crippen molar-refractivity contribution in [1.82, 2.24) is 10.2 Å². The molecule has 2 aromatic rings. The largest absolute Gasteiger partial charge is 0.423 e. The molecule has 0 spiro atoms. The molecular formula is C7H5BrN2OS. The van der Waals surface area contributed by atoms with Crippen molar-refractivity contribution in [3.63, 3.8) is 0 Å². The highest BCUT2D eigenvalue weighted by molar-refractivity contribution is 9.08. The second-order valence-corrected chi connectivity index (χ2v) is 3.87. The van der Waals surface area contributed by atoms with Crippen molar-refractivity contribution in [2.45, 2.75) is 5.33 Å². The Kier molecular flexibility index (Phi) is 2.23. The van der Waals surface area contributed by atoms with Gasteiger partial charge in [-0.15, -0.1) is 21.5 Å². The highest BCUT2D eigenvalue weighted by atomic mass is 79.9. The van der Waals surface area contributed by atoms with Crippen LogP contribution >= 0.6 is 27.3 Å². The summed E-state index contributed by atoms with van der Waals surface area (Å²) in [5.41, 5.74) is 0. The summed E-state index contributed by atoms with van der Waals surface area (Å²) >= 11 is 5.03. The van der Waals surface area contributed by atoms with Gasteiger partial charge in [-0.1, -0.05) is 15.9 Å². The van der Waals surface area contributed by atoms with Gasteiger partial charge >= 0.3 is 0 Å². The Balaban J connectivity index is 2.35. The Morgan fingerprint density at radius 1 is 1.50 bits per heavy atom. The molecule has 12 heavy (non-hydrogen) atoms. The van der Waals surface area contributed by atoms with E-state index in [0.717, 1.165) is 10.2 Å². The van der Waals surface area contributed by atoms with Crippen molar-refractivity contribution in [1.29, 1.82) is 0 Å². The SMILES string of the molecule is BrCc1ccc(-c2nnco2)s1. The quantitative estimate of drug-likeness (QED) is 0.763. The zero-order valence-corrected chi connectivity index (χ0v) is 8.43. The summed E-state index contributed by atoms with van der Waals surface area (Å²) in [7, 11) is 0. The molecule has 0 aliphatic heterocycles. The molecule has 2 rings (SSSR count). The first-order valence-corrected chi connectivity index (χ1v) is 5.25. The van der Waals surface area contributed by atoms with Crippen LogP contribution in [0.25, 0.3) is 10.8 Å². The number of hydrogen-bond donors (Lipinski definition) is 0. The summed E-state index contributed by atoms with van der Waals surface area (Å²) < 4.78 is 5.05. The van der Waals surface area contributed by atoms with E-state index in [-0.39, 0.29) is 0 Å². The van der Waals surface area contributed by atoms with Gasteiger partial charge in [-0.05, 0) is 12.1 Å². The van der Waals surface area contributed by atoms with E-state index < -0.39 is 0 Å². The van der Waals surface area contributed by atoms with Crippen LogP contribution < -0.4 is 0 Å². The van der Waals surface area contributed by atoms with Crippen LogP contribution in [-0.4, -0.2) is 10.2 Å². The molecule has 0 bridgehead atoms. The highest BCUT2D eigenvalue weighted by Crippen LogP contribution is 2.27. The van der Waals surface area contributed by atoms with Crippen molar-refractivity contribution in [3.8, 4) is 10.8 Å². The normalized spacial score (nSPS) is 10.4. The summed E-state index contributed by atoms with van der Waals surface area (Å²) in [4.78, 5) is 2.27. The first kappa shape index (κ1) is 7.94. The molecule has 0 saturated carbocycles. The molecule has 0 aliphatic carbocycles. The number of thiophene rings is 1. The Morgan fingerprint density at radius 3 is 3.00 bits per heavy atom. The minimum Gasteiger partial charge on any atom is -0.423 e. The zero-order chi connectivity index (χ0) is 8.39. The average molecular weight is 245 g/mol. The van der Waals surface area contributed by atoms with Gasteiger partial charge in [-0.2, -0.15) is 0 Å². The fourth-order valence-corrected chi connectivity index (χ4v) is 2.16. The number of hydrogen-bond acceptors (Lipinski definition) is 4. The zero-order valence-electron chi connectivity index (χ0n) is 6.03. The standard InChI is InChI=1S/C7H5BrN2OS/c8-3-5-1-2-6(12-5)7-10-9-4-11-7/h1-2,4H,3H2. The molecule has 0 aliphatic rings. The van der Waals surface area contributed by atoms with Gasteiger partial charge in [0, 0.05) is 10.2 Å². The maximum Gasteiger partial charge on any atom is 0.257 e. The van der Waals surface area contributed by atoms with E-state index in [1.165, 1.54) is 11.3 Å². The smallest absolute Gasteiger partial charge is 0.257 e. The maximum atomic E-state index is 5.05. The predicted molar refractivity (Wildman–Crippen MR) is 50.2 cm³/mol. The summed E-state index contributed by atoms with van der Waals surface area (Å²) in [6, 6.07) is 4.02. The molecule has 0 amide bonds. The molecule has 0 aromatic carbocycles. The van der Waals surface area contributed by atoms with Crippen molar-refractivity contribution >= 4 is 27.3 Å². The third-order valence-electron chi connectivity index (χ3n) is 1.36. The number of rotatable bonds is 2. The van der Waals surface area contributed by atoms with Gasteiger partial charge in [0.25, 0.3) is 5.89 Å². The van der Waals surface area contributed by atoms with E-state index in [1.807, 2.05) is 12.1 Å². The van der Waals surface area contributed by atoms with E-state index >= 15 is 0 Å². The Labute approximate surface area is 81.6 Å². The van der Waals surface area contributed by atoms with E-state index in [4.69, 9.17) is 4.42 Å². The fourth-order valence-electron chi connectivity index (χ4n) is 0.845. The summed E-state index contributed by atoms with van der Waals surface area (Å²) in [6.45, 7) is 0. The number of halogens is 1. The average Bonchev–Trinajstić information content (AvgIpc) is 2.75. The minimum absolute atomic E-state index is 0.590. The maximum absolute atomic E-state index is 5.05. The van der Waals surface area contributed by atoms with Gasteiger partial charge in [-0.25, -0.2) is 0 Å². The minimum atomic E-state index is 0.590. The lowest BCUT2D eigenvalue weighted by Gasteiger charge is -1.84. The first-order chi connectivity index (χ1) is 5.90. The molecule has 2 heterocycles. The van der Waals surface area contributed by atoms with Gasteiger partial charge in [0.1, 0.15) is 0 Å². The van der Waals surface area contributed by atoms with Crippen LogP contribution in [0.1, 0.15) is 4.88 Å². The van der Waals surface area contributed by atoms with Crippen LogP contribution in [0.5, 0.6) is 0 Å². The number of nitrogens with zero attached hydrogens (tertiary/aromatic N) is 2. The number of aromatic nitrogens is 2. The third kappa shape index (κ3) is 1.42. The van der Waals surface area contributed by atoms with Gasteiger partial charge in [0.05, 0.1) is 4.88 Å². The fraction of sp³-hybridized carbons (Fsp3) is 0.143. The van der Waals surface area contributed by atoms with Gasteiger partial charge in [0.2, 0.25) is 6.39 Å². The van der Waals surface area contributed by atoms with Crippen molar-refractivity contribution in [2.24, 2.45) is 0 Å². The van der Waals surface area contributed by atoms with Crippen molar-refractivity contribution in [3.05, 3.63) is 23.4 Å². The Hall–Kier alpha value is -0.680. The van der Waals surface area contributed by atoms with Crippen LogP contribution in [0.4, 0.5) is 0 Å². The van der Waals surface area contributed by atoms with Gasteiger partial charge in [0.15, 0.2) is 0 Å². The molecule has 0 unspecified atom stereocenters. The van der Waals surface area contributed by atoms with Gasteiger partial charge < -0.3 is 4.42 Å². The predicted octanol–water partition coefficient (Wildman–Crippen LogP) is 2.69. The first-order valence-electron chi connectivity index (χ1n) is 3.31. The molecule has 0 radical (unpaired) electrons. The molecule has 2 aromatic heterocycles. The summed E-state index contributed by atoms with van der Waals surface area (Å²) in [5.74, 6) is 0.590. The summed E-state index contributed by atoms with van der Waals surface area (Å²) in [5, 5.41) is 8.29. The summed E-state index contributed by atoms with van der Waals surface area (Å²) in [6.07, 6.45) is 1.34. The Morgan fingerprint density at radius 2 is 2.42 bits per heavy atom. The van der Waals surface area contributed by atoms with Gasteiger partial charge in [-0.3, -0.25) is 0 Å². The lowest BCUT2D eigenvalue weighted by molar-refractivity contribution is 0.570. The second kappa shape index (κ2) is 3.37. The highest BCUT2D eigenvalue weighted by Gasteiger charge is 2.05. The monoisotopic (exact) mass is 244 g/mol. The molecule has 5 heteroatoms. The van der Waals surface area contributed by atoms with Crippen LogP contribution in [0.3, 0.4) is 0 Å². The lowest BCUT2D eigenvalue weighted by Crippen LogP contribution is -1.69. The van der Waals surface area contributed by atoms with E-state index in [9.17, 15) is 0 Å². The van der Waals surface area contributed by atoms with E-state index in [2.05, 4.69) is 26.1 Å². The van der Waals surface area contributed by atoms with Crippen LogP contribution in [0, 0.1) is 0 Å². The van der Waals surface area contributed by atoms with E-state index in [0.29, 0.717) is 5.89 Å². The van der Waals surface area contributed by atoms with Crippen LogP contribution in [0.2, 0.25) is 0 Å². The molecule has 62 valence electrons.